The van der Waals surface area contributed by atoms with Crippen molar-refractivity contribution in [2.24, 2.45) is 0 Å². The fourth-order valence-electron chi connectivity index (χ4n) is 2.46. The molecule has 0 atom stereocenters. The smallest absolute Gasteiger partial charge is 0.291 e. The van der Waals surface area contributed by atoms with Crippen molar-refractivity contribution in [2.75, 3.05) is 5.73 Å². The van der Waals surface area contributed by atoms with Gasteiger partial charge in [0.15, 0.2) is 0 Å². The summed E-state index contributed by atoms with van der Waals surface area (Å²) in [6.07, 6.45) is 5.24. The second-order valence-electron chi connectivity index (χ2n) is 5.07. The molecule has 23 heavy (non-hydrogen) atoms. The van der Waals surface area contributed by atoms with Crippen molar-refractivity contribution in [1.29, 1.82) is 0 Å². The van der Waals surface area contributed by atoms with E-state index in [9.17, 15) is 4.79 Å². The summed E-state index contributed by atoms with van der Waals surface area (Å²) in [7, 11) is 0. The highest BCUT2D eigenvalue weighted by Gasteiger charge is 2.16. The molecule has 2 heterocycles. The van der Waals surface area contributed by atoms with Crippen LogP contribution in [0.3, 0.4) is 0 Å². The predicted octanol–water partition coefficient (Wildman–Crippen LogP) is 1.82. The molecule has 2 aromatic heterocycles. The van der Waals surface area contributed by atoms with Gasteiger partial charge in [-0.3, -0.25) is 9.89 Å². The Morgan fingerprint density at radius 2 is 2.09 bits per heavy atom. The van der Waals surface area contributed by atoms with Gasteiger partial charge in [0.25, 0.3) is 5.56 Å². The molecule has 3 rings (SSSR count). The normalized spacial score (nSPS) is 10.4. The molecule has 0 amide bonds. The molecule has 0 aliphatic carbocycles. The Labute approximate surface area is 133 Å². The van der Waals surface area contributed by atoms with Crippen molar-refractivity contribution in [1.82, 2.24) is 20.0 Å². The van der Waals surface area contributed by atoms with Crippen LogP contribution in [-0.2, 0) is 6.54 Å². The number of aromatic amines is 1. The zero-order valence-electron chi connectivity index (χ0n) is 12.6. The highest BCUT2D eigenvalue weighted by molar-refractivity contribution is 5.77. The predicted molar refractivity (Wildman–Crippen MR) is 89.5 cm³/mol. The molecule has 0 aliphatic heterocycles. The molecule has 0 unspecified atom stereocenters. The average Bonchev–Trinajstić information content (AvgIpc) is 3.03. The second-order valence-corrected chi connectivity index (χ2v) is 5.07. The first-order valence-corrected chi connectivity index (χ1v) is 7.03. The Morgan fingerprint density at radius 1 is 1.35 bits per heavy atom. The van der Waals surface area contributed by atoms with Gasteiger partial charge in [-0.05, 0) is 13.0 Å². The molecule has 6 heteroatoms. The number of aromatic nitrogens is 4. The molecule has 114 valence electrons. The van der Waals surface area contributed by atoms with E-state index in [-0.39, 0.29) is 12.2 Å². The maximum atomic E-state index is 12.2. The molecule has 0 radical (unpaired) electrons. The Balaban J connectivity index is 2.10. The molecule has 1 aromatic carbocycles. The number of nitrogens with one attached hydrogen (secondary N) is 1. The van der Waals surface area contributed by atoms with Gasteiger partial charge in [-0.1, -0.05) is 36.3 Å². The zero-order valence-corrected chi connectivity index (χ0v) is 12.6. The van der Waals surface area contributed by atoms with Crippen LogP contribution in [0.15, 0.2) is 41.2 Å². The number of nitrogens with zero attached hydrogens (tertiary/aromatic N) is 3. The van der Waals surface area contributed by atoms with E-state index >= 15 is 0 Å². The van der Waals surface area contributed by atoms with E-state index in [0.29, 0.717) is 17.0 Å². The van der Waals surface area contributed by atoms with Gasteiger partial charge in [-0.2, -0.15) is 10.2 Å². The number of nitrogens with two attached hydrogens (primary N) is 1. The molecular weight excluding hydrogens is 290 g/mol. The molecule has 0 bridgehead atoms. The second kappa shape index (κ2) is 5.81. The molecular formula is C17H15N5O. The van der Waals surface area contributed by atoms with Gasteiger partial charge in [0.2, 0.25) is 0 Å². The third kappa shape index (κ3) is 2.60. The van der Waals surface area contributed by atoms with Crippen molar-refractivity contribution < 1.29 is 0 Å². The molecule has 3 N–H and O–H groups in total. The summed E-state index contributed by atoms with van der Waals surface area (Å²) in [5, 5.41) is 11.4. The summed E-state index contributed by atoms with van der Waals surface area (Å²) in [6.45, 7) is 1.86. The van der Waals surface area contributed by atoms with Crippen molar-refractivity contribution in [3.63, 3.8) is 0 Å². The van der Waals surface area contributed by atoms with Crippen molar-refractivity contribution >= 4 is 5.69 Å². The molecule has 3 aromatic rings. The summed E-state index contributed by atoms with van der Waals surface area (Å²) in [5.74, 6) is 2.39. The highest BCUT2D eigenvalue weighted by Crippen LogP contribution is 2.27. The van der Waals surface area contributed by atoms with Crippen molar-refractivity contribution in [3.8, 4) is 34.9 Å². The molecule has 0 aliphatic rings. The first kappa shape index (κ1) is 14.6. The maximum absolute atomic E-state index is 12.2. The topological polar surface area (TPSA) is 89.6 Å². The van der Waals surface area contributed by atoms with Crippen molar-refractivity contribution in [3.05, 3.63) is 52.4 Å². The van der Waals surface area contributed by atoms with Crippen LogP contribution in [0.4, 0.5) is 5.69 Å². The first-order chi connectivity index (χ1) is 11.1. The van der Waals surface area contributed by atoms with Crippen LogP contribution in [0.25, 0.3) is 22.5 Å². The Bertz CT molecular complexity index is 947. The lowest BCUT2D eigenvalue weighted by molar-refractivity contribution is 0.655. The van der Waals surface area contributed by atoms with E-state index in [4.69, 9.17) is 12.2 Å². The summed E-state index contributed by atoms with van der Waals surface area (Å²) in [4.78, 5) is 12.2. The van der Waals surface area contributed by atoms with E-state index < -0.39 is 5.56 Å². The number of hydrogen-bond acceptors (Lipinski definition) is 4. The van der Waals surface area contributed by atoms with Gasteiger partial charge in [0, 0.05) is 5.56 Å². The SMILES string of the molecule is C#CCn1nc(C)c(-c2cc(-c3ccccc3)n[nH]2)c(N)c1=O. The standard InChI is InChI=1S/C17H15N5O/c1-3-9-22-17(23)16(18)15(11(2)21-22)14-10-13(19-20-14)12-7-5-4-6-8-12/h1,4-8,10H,9,18H2,2H3,(H,19,20). The third-order valence-corrected chi connectivity index (χ3v) is 3.52. The van der Waals surface area contributed by atoms with Crippen LogP contribution in [0.1, 0.15) is 5.69 Å². The van der Waals surface area contributed by atoms with E-state index in [1.54, 1.807) is 6.92 Å². The van der Waals surface area contributed by atoms with E-state index in [1.165, 1.54) is 4.68 Å². The fraction of sp³-hybridized carbons (Fsp3) is 0.118. The Morgan fingerprint density at radius 3 is 2.78 bits per heavy atom. The number of H-pyrrole nitrogens is 1. The van der Waals surface area contributed by atoms with Crippen LogP contribution in [0, 0.1) is 19.3 Å². The average molecular weight is 305 g/mol. The lowest BCUT2D eigenvalue weighted by atomic mass is 10.1. The number of nitrogen functional groups attached to an aromatic ring is 1. The summed E-state index contributed by atoms with van der Waals surface area (Å²) >= 11 is 0. The van der Waals surface area contributed by atoms with Gasteiger partial charge in [-0.25, -0.2) is 4.68 Å². The quantitative estimate of drug-likeness (QED) is 0.722. The van der Waals surface area contributed by atoms with Crippen LogP contribution in [0.2, 0.25) is 0 Å². The van der Waals surface area contributed by atoms with Crippen molar-refractivity contribution in [2.45, 2.75) is 13.5 Å². The zero-order chi connectivity index (χ0) is 16.4. The number of aryl methyl sites for hydroxylation is 1. The number of hydrogen-bond donors (Lipinski definition) is 2. The third-order valence-electron chi connectivity index (χ3n) is 3.52. The number of rotatable bonds is 3. The Hall–Kier alpha value is -3.33. The van der Waals surface area contributed by atoms with Gasteiger partial charge in [0.05, 0.1) is 22.6 Å². The van der Waals surface area contributed by atoms with E-state index in [0.717, 1.165) is 11.3 Å². The first-order valence-electron chi connectivity index (χ1n) is 7.03. The number of benzene rings is 1. The molecule has 0 spiro atoms. The molecule has 0 fully saturated rings. The van der Waals surface area contributed by atoms with Crippen LogP contribution >= 0.6 is 0 Å². The minimum atomic E-state index is -0.403. The van der Waals surface area contributed by atoms with Crippen LogP contribution < -0.4 is 11.3 Å². The summed E-state index contributed by atoms with van der Waals surface area (Å²) in [5.41, 5.74) is 9.27. The largest absolute Gasteiger partial charge is 0.394 e. The van der Waals surface area contributed by atoms with Gasteiger partial charge >= 0.3 is 0 Å². The highest BCUT2D eigenvalue weighted by atomic mass is 16.1. The maximum Gasteiger partial charge on any atom is 0.291 e. The Kier molecular flexibility index (Phi) is 3.69. The minimum Gasteiger partial charge on any atom is -0.394 e. The van der Waals surface area contributed by atoms with Crippen LogP contribution in [0.5, 0.6) is 0 Å². The number of terminal acetylenes is 1. The lowest BCUT2D eigenvalue weighted by Crippen LogP contribution is -2.27. The van der Waals surface area contributed by atoms with E-state index in [1.807, 2.05) is 36.4 Å². The summed E-state index contributed by atoms with van der Waals surface area (Å²) < 4.78 is 1.18. The van der Waals surface area contributed by atoms with E-state index in [2.05, 4.69) is 21.2 Å². The lowest BCUT2D eigenvalue weighted by Gasteiger charge is -2.09. The summed E-state index contributed by atoms with van der Waals surface area (Å²) in [6, 6.07) is 11.6. The van der Waals surface area contributed by atoms with Gasteiger partial charge < -0.3 is 5.73 Å². The van der Waals surface area contributed by atoms with Gasteiger partial charge in [0.1, 0.15) is 12.2 Å². The minimum absolute atomic E-state index is 0.0857. The molecule has 0 saturated heterocycles. The van der Waals surface area contributed by atoms with Crippen LogP contribution in [-0.4, -0.2) is 20.0 Å². The number of anilines is 1. The fourth-order valence-corrected chi connectivity index (χ4v) is 2.46. The van der Waals surface area contributed by atoms with Gasteiger partial charge in [-0.15, -0.1) is 6.42 Å². The monoisotopic (exact) mass is 305 g/mol. The molecule has 0 saturated carbocycles. The molecule has 6 nitrogen and oxygen atoms in total.